The van der Waals surface area contributed by atoms with Crippen molar-refractivity contribution >= 4 is 29.1 Å². The molecule has 0 spiro atoms. The van der Waals surface area contributed by atoms with Crippen LogP contribution in [0, 0.1) is 11.3 Å². The lowest BCUT2D eigenvalue weighted by Gasteiger charge is -2.10. The van der Waals surface area contributed by atoms with Crippen LogP contribution in [0.15, 0.2) is 66.9 Å². The Labute approximate surface area is 168 Å². The van der Waals surface area contributed by atoms with Gasteiger partial charge >= 0.3 is 5.97 Å². The summed E-state index contributed by atoms with van der Waals surface area (Å²) >= 11 is 0. The van der Waals surface area contributed by atoms with Crippen molar-refractivity contribution in [3.05, 3.63) is 83.6 Å². The van der Waals surface area contributed by atoms with E-state index in [9.17, 15) is 14.9 Å². The minimum Gasteiger partial charge on any atom is -0.462 e. The second-order valence-electron chi connectivity index (χ2n) is 5.96. The van der Waals surface area contributed by atoms with Gasteiger partial charge in [-0.3, -0.25) is 4.79 Å². The van der Waals surface area contributed by atoms with Crippen LogP contribution >= 0.6 is 0 Å². The topological polar surface area (TPSA) is 104 Å². The molecule has 7 heteroatoms. The number of carbonyl (C=O) groups excluding carboxylic acids is 2. The number of anilines is 3. The second kappa shape index (κ2) is 9.15. The summed E-state index contributed by atoms with van der Waals surface area (Å²) in [4.78, 5) is 28.4. The Kier molecular flexibility index (Phi) is 6.18. The summed E-state index contributed by atoms with van der Waals surface area (Å²) in [5.74, 6) is -0.293. The molecule has 0 fully saturated rings. The van der Waals surface area contributed by atoms with E-state index in [4.69, 9.17) is 4.74 Å². The number of para-hydroxylation sites is 1. The van der Waals surface area contributed by atoms with Crippen molar-refractivity contribution in [3.8, 4) is 6.07 Å². The van der Waals surface area contributed by atoms with Crippen molar-refractivity contribution in [2.75, 3.05) is 17.2 Å². The van der Waals surface area contributed by atoms with Gasteiger partial charge in [-0.05, 0) is 55.5 Å². The van der Waals surface area contributed by atoms with Crippen LogP contribution in [0.3, 0.4) is 0 Å². The summed E-state index contributed by atoms with van der Waals surface area (Å²) < 4.78 is 4.94. The van der Waals surface area contributed by atoms with E-state index in [1.54, 1.807) is 67.6 Å². The molecule has 7 nitrogen and oxygen atoms in total. The molecule has 1 aromatic heterocycles. The van der Waals surface area contributed by atoms with Crippen LogP contribution in [0.1, 0.15) is 33.2 Å². The van der Waals surface area contributed by atoms with Crippen LogP contribution in [0.25, 0.3) is 0 Å². The van der Waals surface area contributed by atoms with Crippen LogP contribution in [0.5, 0.6) is 0 Å². The Bertz CT molecular complexity index is 1070. The molecule has 3 aromatic rings. The van der Waals surface area contributed by atoms with Crippen LogP contribution in [0.2, 0.25) is 0 Å². The number of benzene rings is 2. The van der Waals surface area contributed by atoms with Crippen LogP contribution in [-0.2, 0) is 4.74 Å². The Hall–Kier alpha value is -4.18. The molecule has 0 radical (unpaired) electrons. The predicted octanol–water partition coefficient (Wildman–Crippen LogP) is 4.13. The number of carbonyl (C=O) groups is 2. The SMILES string of the molecule is CCOC(=O)c1ccc(NC(=O)c2ccnc(Nc3ccccc3C#N)c2)cc1. The molecule has 0 atom stereocenters. The van der Waals surface area contributed by atoms with Gasteiger partial charge in [0.25, 0.3) is 5.91 Å². The van der Waals surface area contributed by atoms with Gasteiger partial charge in [-0.1, -0.05) is 12.1 Å². The van der Waals surface area contributed by atoms with Gasteiger partial charge in [-0.15, -0.1) is 0 Å². The van der Waals surface area contributed by atoms with E-state index in [1.807, 2.05) is 0 Å². The molecule has 144 valence electrons. The summed E-state index contributed by atoms with van der Waals surface area (Å²) in [5.41, 5.74) is 2.44. The molecule has 0 bridgehead atoms. The van der Waals surface area contributed by atoms with E-state index in [-0.39, 0.29) is 5.91 Å². The minimum absolute atomic E-state index is 0.300. The fourth-order valence-corrected chi connectivity index (χ4v) is 2.58. The highest BCUT2D eigenvalue weighted by Gasteiger charge is 2.10. The molecular weight excluding hydrogens is 368 g/mol. The fraction of sp³-hybridized carbons (Fsp3) is 0.0909. The normalized spacial score (nSPS) is 9.93. The van der Waals surface area contributed by atoms with Crippen molar-refractivity contribution < 1.29 is 14.3 Å². The third kappa shape index (κ3) is 4.96. The summed E-state index contributed by atoms with van der Waals surface area (Å²) in [5, 5.41) is 15.0. The van der Waals surface area contributed by atoms with E-state index < -0.39 is 5.97 Å². The van der Waals surface area contributed by atoms with E-state index in [0.29, 0.717) is 40.5 Å². The molecule has 0 saturated heterocycles. The average Bonchev–Trinajstić information content (AvgIpc) is 2.75. The molecule has 3 rings (SSSR count). The van der Waals surface area contributed by atoms with E-state index in [1.165, 1.54) is 6.20 Å². The van der Waals surface area contributed by atoms with Crippen LogP contribution in [0.4, 0.5) is 17.2 Å². The highest BCUT2D eigenvalue weighted by molar-refractivity contribution is 6.05. The largest absolute Gasteiger partial charge is 0.462 e. The lowest BCUT2D eigenvalue weighted by atomic mass is 10.2. The molecule has 0 saturated carbocycles. The van der Waals surface area contributed by atoms with Gasteiger partial charge in [0.1, 0.15) is 11.9 Å². The molecule has 2 N–H and O–H groups in total. The van der Waals surface area contributed by atoms with Crippen molar-refractivity contribution in [2.24, 2.45) is 0 Å². The Balaban J connectivity index is 1.71. The van der Waals surface area contributed by atoms with Gasteiger partial charge in [0.15, 0.2) is 0 Å². The lowest BCUT2D eigenvalue weighted by molar-refractivity contribution is 0.0526. The van der Waals surface area contributed by atoms with Gasteiger partial charge in [-0.25, -0.2) is 9.78 Å². The van der Waals surface area contributed by atoms with E-state index in [2.05, 4.69) is 21.7 Å². The molecule has 0 aliphatic heterocycles. The standard InChI is InChI=1S/C22H18N4O3/c1-2-29-22(28)15-7-9-18(10-8-15)25-21(27)16-11-12-24-20(13-16)26-19-6-4-3-5-17(19)14-23/h3-13H,2H2,1H3,(H,24,26)(H,25,27). The molecule has 0 aliphatic rings. The first-order valence-electron chi connectivity index (χ1n) is 8.91. The number of hydrogen-bond acceptors (Lipinski definition) is 6. The quantitative estimate of drug-likeness (QED) is 0.618. The first-order valence-corrected chi connectivity index (χ1v) is 8.91. The molecule has 1 heterocycles. The molecular formula is C22H18N4O3. The number of nitrogens with one attached hydrogen (secondary N) is 2. The number of amides is 1. The summed E-state index contributed by atoms with van der Waals surface area (Å²) in [6.07, 6.45) is 1.51. The Morgan fingerprint density at radius 1 is 1.07 bits per heavy atom. The van der Waals surface area contributed by atoms with Crippen LogP contribution in [-0.4, -0.2) is 23.5 Å². The number of aromatic nitrogens is 1. The number of rotatable bonds is 6. The summed E-state index contributed by atoms with van der Waals surface area (Å²) in [7, 11) is 0. The molecule has 2 aromatic carbocycles. The number of nitrogens with zero attached hydrogens (tertiary/aromatic N) is 2. The maximum absolute atomic E-state index is 12.6. The van der Waals surface area contributed by atoms with Crippen molar-refractivity contribution in [1.29, 1.82) is 5.26 Å². The average molecular weight is 386 g/mol. The number of ether oxygens (including phenoxy) is 1. The van der Waals surface area contributed by atoms with Gasteiger partial charge in [0.2, 0.25) is 0 Å². The monoisotopic (exact) mass is 386 g/mol. The lowest BCUT2D eigenvalue weighted by Crippen LogP contribution is -2.13. The van der Waals surface area contributed by atoms with Gasteiger partial charge in [0, 0.05) is 17.4 Å². The number of pyridine rings is 1. The third-order valence-electron chi connectivity index (χ3n) is 3.99. The van der Waals surface area contributed by atoms with Crippen molar-refractivity contribution in [3.63, 3.8) is 0 Å². The molecule has 0 unspecified atom stereocenters. The minimum atomic E-state index is -0.409. The summed E-state index contributed by atoms with van der Waals surface area (Å²) in [6, 6.07) is 18.8. The Morgan fingerprint density at radius 3 is 2.55 bits per heavy atom. The fourth-order valence-electron chi connectivity index (χ4n) is 2.58. The van der Waals surface area contributed by atoms with Crippen LogP contribution < -0.4 is 10.6 Å². The second-order valence-corrected chi connectivity index (χ2v) is 5.96. The van der Waals surface area contributed by atoms with E-state index >= 15 is 0 Å². The Morgan fingerprint density at radius 2 is 1.83 bits per heavy atom. The van der Waals surface area contributed by atoms with Crippen molar-refractivity contribution in [2.45, 2.75) is 6.92 Å². The smallest absolute Gasteiger partial charge is 0.338 e. The maximum Gasteiger partial charge on any atom is 0.338 e. The number of esters is 1. The highest BCUT2D eigenvalue weighted by atomic mass is 16.5. The zero-order chi connectivity index (χ0) is 20.6. The van der Waals surface area contributed by atoms with E-state index in [0.717, 1.165) is 0 Å². The molecule has 29 heavy (non-hydrogen) atoms. The number of hydrogen-bond donors (Lipinski definition) is 2. The van der Waals surface area contributed by atoms with Gasteiger partial charge in [-0.2, -0.15) is 5.26 Å². The molecule has 1 amide bonds. The van der Waals surface area contributed by atoms with Gasteiger partial charge < -0.3 is 15.4 Å². The zero-order valence-electron chi connectivity index (χ0n) is 15.7. The molecule has 0 aliphatic carbocycles. The third-order valence-corrected chi connectivity index (χ3v) is 3.99. The van der Waals surface area contributed by atoms with Crippen molar-refractivity contribution in [1.82, 2.24) is 4.98 Å². The summed E-state index contributed by atoms with van der Waals surface area (Å²) in [6.45, 7) is 2.04. The zero-order valence-corrected chi connectivity index (χ0v) is 15.7. The number of nitriles is 1. The highest BCUT2D eigenvalue weighted by Crippen LogP contribution is 2.20. The first-order chi connectivity index (χ1) is 14.1. The maximum atomic E-state index is 12.6. The van der Waals surface area contributed by atoms with Gasteiger partial charge in [0.05, 0.1) is 23.4 Å². The first kappa shape index (κ1) is 19.6. The predicted molar refractivity (Wildman–Crippen MR) is 109 cm³/mol.